The van der Waals surface area contributed by atoms with Crippen molar-refractivity contribution in [2.75, 3.05) is 11.9 Å². The number of nitrogens with one attached hydrogen (secondary N) is 1. The number of benzene rings is 1. The molecule has 1 aromatic carbocycles. The number of rotatable bonds is 0. The fourth-order valence-electron chi connectivity index (χ4n) is 1.21. The number of anilines is 1. The summed E-state index contributed by atoms with van der Waals surface area (Å²) in [4.78, 5) is 11.1. The normalized spacial score (nSPS) is 15.1. The minimum atomic E-state index is -0.554. The number of halogens is 2. The molecule has 1 N–H and O–H groups in total. The Balaban J connectivity index is 2.46. The summed E-state index contributed by atoms with van der Waals surface area (Å²) < 4.78 is 18.2. The molecule has 2 rings (SSSR count). The Hall–Kier alpha value is -1.29. The zero-order valence-corrected chi connectivity index (χ0v) is 7.90. The number of hydrogen-bond donors (Lipinski definition) is 1. The predicted molar refractivity (Wildman–Crippen MR) is 50.2 cm³/mol. The number of fused-ring (bicyclic) bond motifs is 1. The van der Waals surface area contributed by atoms with Crippen molar-refractivity contribution in [1.82, 2.24) is 0 Å². The molecule has 0 radical (unpaired) electrons. The van der Waals surface area contributed by atoms with Crippen LogP contribution in [0.25, 0.3) is 0 Å². The molecule has 0 aliphatic carbocycles. The number of ether oxygens (including phenoxy) is 1. The number of hydrogen-bond acceptors (Lipinski definition) is 2. The molecule has 0 saturated heterocycles. The van der Waals surface area contributed by atoms with Gasteiger partial charge >= 0.3 is 0 Å². The van der Waals surface area contributed by atoms with E-state index < -0.39 is 5.82 Å². The summed E-state index contributed by atoms with van der Waals surface area (Å²) >= 11 is 5.56. The summed E-state index contributed by atoms with van der Waals surface area (Å²) in [5.41, 5.74) is 0.416. The molecule has 0 spiro atoms. The first-order chi connectivity index (χ1) is 6.66. The van der Waals surface area contributed by atoms with Crippen LogP contribution < -0.4 is 10.1 Å². The van der Waals surface area contributed by atoms with Crippen LogP contribution >= 0.6 is 11.6 Å². The minimum Gasteiger partial charge on any atom is -0.491 e. The van der Waals surface area contributed by atoms with Gasteiger partial charge in [-0.1, -0.05) is 11.6 Å². The van der Waals surface area contributed by atoms with Crippen molar-refractivity contribution in [1.29, 1.82) is 0 Å². The summed E-state index contributed by atoms with van der Waals surface area (Å²) in [5.74, 6) is -0.397. The first-order valence-electron chi connectivity index (χ1n) is 4.08. The van der Waals surface area contributed by atoms with Crippen LogP contribution in [0.3, 0.4) is 0 Å². The Bertz CT molecular complexity index is 395. The van der Waals surface area contributed by atoms with Gasteiger partial charge in [-0.25, -0.2) is 4.39 Å². The Labute approximate surface area is 84.8 Å². The quantitative estimate of drug-likeness (QED) is 0.721. The van der Waals surface area contributed by atoms with E-state index in [-0.39, 0.29) is 24.0 Å². The zero-order valence-electron chi connectivity index (χ0n) is 7.14. The molecule has 0 saturated carbocycles. The molecule has 0 fully saturated rings. The van der Waals surface area contributed by atoms with E-state index in [0.717, 1.165) is 0 Å². The standard InChI is InChI=1S/C9H7ClFNO2/c10-5-3-7-8(4-6(5)11)14-2-1-9(13)12-7/h3-4H,1-2H2,(H,12,13). The molecule has 1 amide bonds. The highest BCUT2D eigenvalue weighted by molar-refractivity contribution is 6.31. The second-order valence-electron chi connectivity index (χ2n) is 2.91. The molecule has 1 heterocycles. The van der Waals surface area contributed by atoms with E-state index in [0.29, 0.717) is 11.4 Å². The molecule has 1 aliphatic rings. The van der Waals surface area contributed by atoms with Gasteiger partial charge in [0, 0.05) is 6.07 Å². The van der Waals surface area contributed by atoms with E-state index in [9.17, 15) is 9.18 Å². The number of amides is 1. The Kier molecular flexibility index (Phi) is 2.29. The van der Waals surface area contributed by atoms with Gasteiger partial charge in [0.25, 0.3) is 0 Å². The zero-order chi connectivity index (χ0) is 10.1. The van der Waals surface area contributed by atoms with Gasteiger partial charge in [0.2, 0.25) is 5.91 Å². The molecular weight excluding hydrogens is 209 g/mol. The topological polar surface area (TPSA) is 38.3 Å². The van der Waals surface area contributed by atoms with Crippen molar-refractivity contribution in [2.45, 2.75) is 6.42 Å². The summed E-state index contributed by atoms with van der Waals surface area (Å²) in [6, 6.07) is 2.51. The molecule has 0 bridgehead atoms. The van der Waals surface area contributed by atoms with E-state index in [4.69, 9.17) is 16.3 Å². The molecule has 14 heavy (non-hydrogen) atoms. The maximum Gasteiger partial charge on any atom is 0.227 e. The van der Waals surface area contributed by atoms with Gasteiger partial charge in [0.1, 0.15) is 11.6 Å². The van der Waals surface area contributed by atoms with Crippen molar-refractivity contribution < 1.29 is 13.9 Å². The van der Waals surface area contributed by atoms with Crippen LogP contribution in [0, 0.1) is 5.82 Å². The number of carbonyl (C=O) groups excluding carboxylic acids is 1. The van der Waals surface area contributed by atoms with Crippen molar-refractivity contribution in [3.8, 4) is 5.75 Å². The van der Waals surface area contributed by atoms with Gasteiger partial charge in [0.05, 0.1) is 23.7 Å². The lowest BCUT2D eigenvalue weighted by Gasteiger charge is -2.07. The Morgan fingerprint density at radius 1 is 1.50 bits per heavy atom. The summed E-state index contributed by atoms with van der Waals surface area (Å²) in [6.07, 6.45) is 0.258. The molecule has 3 nitrogen and oxygen atoms in total. The highest BCUT2D eigenvalue weighted by Crippen LogP contribution is 2.31. The summed E-state index contributed by atoms with van der Waals surface area (Å²) in [5, 5.41) is 2.54. The van der Waals surface area contributed by atoms with Crippen molar-refractivity contribution in [2.24, 2.45) is 0 Å². The lowest BCUT2D eigenvalue weighted by Crippen LogP contribution is -2.10. The third-order valence-electron chi connectivity index (χ3n) is 1.88. The third-order valence-corrected chi connectivity index (χ3v) is 2.17. The smallest absolute Gasteiger partial charge is 0.227 e. The average molecular weight is 216 g/mol. The molecule has 0 atom stereocenters. The van der Waals surface area contributed by atoms with Crippen LogP contribution in [0.5, 0.6) is 5.75 Å². The number of carbonyl (C=O) groups is 1. The second-order valence-corrected chi connectivity index (χ2v) is 3.32. The maximum atomic E-state index is 13.0. The van der Waals surface area contributed by atoms with Gasteiger partial charge in [-0.05, 0) is 6.07 Å². The molecule has 0 unspecified atom stereocenters. The van der Waals surface area contributed by atoms with Crippen LogP contribution in [0.1, 0.15) is 6.42 Å². The van der Waals surface area contributed by atoms with E-state index in [2.05, 4.69) is 5.32 Å². The highest BCUT2D eigenvalue weighted by Gasteiger charge is 2.16. The van der Waals surface area contributed by atoms with E-state index in [1.807, 2.05) is 0 Å². The van der Waals surface area contributed by atoms with Crippen molar-refractivity contribution >= 4 is 23.2 Å². The lowest BCUT2D eigenvalue weighted by molar-refractivity contribution is -0.116. The largest absolute Gasteiger partial charge is 0.491 e. The van der Waals surface area contributed by atoms with Crippen LogP contribution in [-0.4, -0.2) is 12.5 Å². The molecule has 0 aromatic heterocycles. The fraction of sp³-hybridized carbons (Fsp3) is 0.222. The lowest BCUT2D eigenvalue weighted by atomic mass is 10.3. The third kappa shape index (κ3) is 1.65. The van der Waals surface area contributed by atoms with E-state index in [1.165, 1.54) is 12.1 Å². The van der Waals surface area contributed by atoms with Crippen LogP contribution in [-0.2, 0) is 4.79 Å². The molecular formula is C9H7ClFNO2. The van der Waals surface area contributed by atoms with Crippen LogP contribution in [0.2, 0.25) is 5.02 Å². The monoisotopic (exact) mass is 215 g/mol. The van der Waals surface area contributed by atoms with E-state index in [1.54, 1.807) is 0 Å². The van der Waals surface area contributed by atoms with Gasteiger partial charge in [-0.2, -0.15) is 0 Å². The fourth-order valence-corrected chi connectivity index (χ4v) is 1.38. The van der Waals surface area contributed by atoms with Gasteiger partial charge in [-0.15, -0.1) is 0 Å². The van der Waals surface area contributed by atoms with Gasteiger partial charge in [-0.3, -0.25) is 4.79 Å². The average Bonchev–Trinajstić information content (AvgIpc) is 2.28. The van der Waals surface area contributed by atoms with Gasteiger partial charge < -0.3 is 10.1 Å². The first kappa shape index (κ1) is 9.27. The van der Waals surface area contributed by atoms with Crippen molar-refractivity contribution in [3.63, 3.8) is 0 Å². The predicted octanol–water partition coefficient (Wildman–Crippen LogP) is 2.20. The maximum absolute atomic E-state index is 13.0. The first-order valence-corrected chi connectivity index (χ1v) is 4.46. The highest BCUT2D eigenvalue weighted by atomic mass is 35.5. The SMILES string of the molecule is O=C1CCOc2cc(F)c(Cl)cc2N1. The van der Waals surface area contributed by atoms with E-state index >= 15 is 0 Å². The Morgan fingerprint density at radius 2 is 2.29 bits per heavy atom. The van der Waals surface area contributed by atoms with Gasteiger partial charge in [0.15, 0.2) is 0 Å². The van der Waals surface area contributed by atoms with Crippen molar-refractivity contribution in [3.05, 3.63) is 23.0 Å². The summed E-state index contributed by atoms with van der Waals surface area (Å²) in [6.45, 7) is 0.250. The molecule has 5 heteroatoms. The van der Waals surface area contributed by atoms with Crippen LogP contribution in [0.15, 0.2) is 12.1 Å². The van der Waals surface area contributed by atoms with Crippen LogP contribution in [0.4, 0.5) is 10.1 Å². The molecule has 74 valence electrons. The molecule has 1 aromatic rings. The Morgan fingerprint density at radius 3 is 3.07 bits per heavy atom. The molecule has 1 aliphatic heterocycles. The summed E-state index contributed by atoms with van der Waals surface area (Å²) in [7, 11) is 0. The minimum absolute atomic E-state index is 0.0328. The second kappa shape index (κ2) is 3.46.